The van der Waals surface area contributed by atoms with Crippen LogP contribution in [-0.4, -0.2) is 28.7 Å². The van der Waals surface area contributed by atoms with Gasteiger partial charge in [0.2, 0.25) is 0 Å². The lowest BCUT2D eigenvalue weighted by Crippen LogP contribution is -2.40. The highest BCUT2D eigenvalue weighted by molar-refractivity contribution is 5.90. The Bertz CT molecular complexity index is 382. The zero-order chi connectivity index (χ0) is 13.1. The number of amides is 1. The van der Waals surface area contributed by atoms with Crippen LogP contribution in [0.4, 0.5) is 5.82 Å². The van der Waals surface area contributed by atoms with Crippen LogP contribution < -0.4 is 16.8 Å². The third kappa shape index (κ3) is 3.67. The molecular formula is C11H19N5O. The molecule has 17 heavy (non-hydrogen) atoms. The highest BCUT2D eigenvalue weighted by Crippen LogP contribution is 2.21. The van der Waals surface area contributed by atoms with Crippen LogP contribution in [-0.2, 0) is 0 Å². The van der Waals surface area contributed by atoms with Crippen molar-refractivity contribution in [2.75, 3.05) is 11.9 Å². The van der Waals surface area contributed by atoms with Gasteiger partial charge in [-0.15, -0.1) is 10.2 Å². The Morgan fingerprint density at radius 2 is 2.06 bits per heavy atom. The van der Waals surface area contributed by atoms with E-state index >= 15 is 0 Å². The van der Waals surface area contributed by atoms with E-state index in [1.165, 1.54) is 6.07 Å². The minimum atomic E-state index is -0.588. The second-order valence-electron chi connectivity index (χ2n) is 4.97. The van der Waals surface area contributed by atoms with Crippen molar-refractivity contribution in [3.05, 3.63) is 17.8 Å². The highest BCUT2D eigenvalue weighted by Gasteiger charge is 2.23. The molecule has 94 valence electrons. The van der Waals surface area contributed by atoms with Gasteiger partial charge < -0.3 is 16.8 Å². The van der Waals surface area contributed by atoms with Gasteiger partial charge in [-0.3, -0.25) is 4.79 Å². The number of carbonyl (C=O) groups excluding carboxylic acids is 1. The molecule has 1 aromatic heterocycles. The zero-order valence-electron chi connectivity index (χ0n) is 10.4. The molecule has 6 heteroatoms. The molecule has 1 heterocycles. The largest absolute Gasteiger partial charge is 0.364 e. The van der Waals surface area contributed by atoms with E-state index in [1.54, 1.807) is 6.07 Å². The fourth-order valence-corrected chi connectivity index (χ4v) is 1.35. The van der Waals surface area contributed by atoms with Crippen molar-refractivity contribution < 1.29 is 4.79 Å². The van der Waals surface area contributed by atoms with Crippen LogP contribution in [0.3, 0.4) is 0 Å². The molecule has 0 bridgehead atoms. The van der Waals surface area contributed by atoms with Gasteiger partial charge in [-0.25, -0.2) is 0 Å². The van der Waals surface area contributed by atoms with Gasteiger partial charge in [0.05, 0.1) is 0 Å². The smallest absolute Gasteiger partial charge is 0.269 e. The summed E-state index contributed by atoms with van der Waals surface area (Å²) >= 11 is 0. The Morgan fingerprint density at radius 1 is 1.41 bits per heavy atom. The SMILES string of the molecule is CC(C)(C)C(CN)Nc1ccc(C(N)=O)nn1. The molecule has 0 fully saturated rings. The molecule has 1 aromatic rings. The second-order valence-corrected chi connectivity index (χ2v) is 4.97. The summed E-state index contributed by atoms with van der Waals surface area (Å²) in [6, 6.07) is 3.28. The van der Waals surface area contributed by atoms with E-state index in [9.17, 15) is 4.79 Å². The fraction of sp³-hybridized carbons (Fsp3) is 0.545. The highest BCUT2D eigenvalue weighted by atomic mass is 16.1. The molecule has 0 aliphatic carbocycles. The molecule has 0 spiro atoms. The van der Waals surface area contributed by atoms with Crippen molar-refractivity contribution >= 4 is 11.7 Å². The second kappa shape index (κ2) is 5.09. The van der Waals surface area contributed by atoms with Crippen molar-refractivity contribution in [2.24, 2.45) is 16.9 Å². The lowest BCUT2D eigenvalue weighted by molar-refractivity contribution is 0.0994. The molecule has 0 radical (unpaired) electrons. The number of anilines is 1. The van der Waals surface area contributed by atoms with Crippen molar-refractivity contribution in [3.63, 3.8) is 0 Å². The van der Waals surface area contributed by atoms with Gasteiger partial charge in [-0.1, -0.05) is 20.8 Å². The minimum absolute atomic E-state index is 0.0127. The third-order valence-corrected chi connectivity index (χ3v) is 2.52. The lowest BCUT2D eigenvalue weighted by atomic mass is 9.87. The predicted octanol–water partition coefficient (Wildman–Crippen LogP) is 0.361. The van der Waals surface area contributed by atoms with E-state index in [4.69, 9.17) is 11.5 Å². The Morgan fingerprint density at radius 3 is 2.41 bits per heavy atom. The van der Waals surface area contributed by atoms with Crippen molar-refractivity contribution in [3.8, 4) is 0 Å². The first-order chi connectivity index (χ1) is 7.84. The van der Waals surface area contributed by atoms with Gasteiger partial charge in [0.25, 0.3) is 5.91 Å². The first-order valence-corrected chi connectivity index (χ1v) is 5.44. The number of hydrogen-bond donors (Lipinski definition) is 3. The summed E-state index contributed by atoms with van der Waals surface area (Å²) in [4.78, 5) is 10.8. The summed E-state index contributed by atoms with van der Waals surface area (Å²) in [5.74, 6) is -0.00405. The van der Waals surface area contributed by atoms with Gasteiger partial charge in [0.1, 0.15) is 5.82 Å². The van der Waals surface area contributed by atoms with Crippen LogP contribution >= 0.6 is 0 Å². The number of carbonyl (C=O) groups is 1. The molecule has 0 aromatic carbocycles. The van der Waals surface area contributed by atoms with Crippen molar-refractivity contribution in [1.82, 2.24) is 10.2 Å². The van der Waals surface area contributed by atoms with Crippen molar-refractivity contribution in [1.29, 1.82) is 0 Å². The number of nitrogens with one attached hydrogen (secondary N) is 1. The molecule has 0 saturated carbocycles. The van der Waals surface area contributed by atoms with Crippen LogP contribution in [0.1, 0.15) is 31.3 Å². The van der Waals surface area contributed by atoms with Crippen LogP contribution in [0.15, 0.2) is 12.1 Å². The molecule has 5 N–H and O–H groups in total. The number of rotatable bonds is 4. The monoisotopic (exact) mass is 237 g/mol. The Balaban J connectivity index is 2.78. The molecule has 1 amide bonds. The van der Waals surface area contributed by atoms with Gasteiger partial charge >= 0.3 is 0 Å². The van der Waals surface area contributed by atoms with E-state index in [1.807, 2.05) is 0 Å². The predicted molar refractivity (Wildman–Crippen MR) is 66.5 cm³/mol. The quantitative estimate of drug-likeness (QED) is 0.701. The number of aromatic nitrogens is 2. The summed E-state index contributed by atoms with van der Waals surface area (Å²) < 4.78 is 0. The van der Waals surface area contributed by atoms with Gasteiger partial charge in [0, 0.05) is 12.6 Å². The van der Waals surface area contributed by atoms with Crippen LogP contribution in [0.25, 0.3) is 0 Å². The zero-order valence-corrected chi connectivity index (χ0v) is 10.4. The molecule has 1 rings (SSSR count). The standard InChI is InChI=1S/C11H19N5O/c1-11(2,3)8(6-12)14-9-5-4-7(10(13)17)15-16-9/h4-5,8H,6,12H2,1-3H3,(H2,13,17)(H,14,16). The van der Waals surface area contributed by atoms with Gasteiger partial charge in [-0.05, 0) is 17.5 Å². The summed E-state index contributed by atoms with van der Waals surface area (Å²) in [6.45, 7) is 6.75. The maximum Gasteiger partial charge on any atom is 0.269 e. The molecule has 6 nitrogen and oxygen atoms in total. The van der Waals surface area contributed by atoms with E-state index in [-0.39, 0.29) is 17.2 Å². The number of nitrogens with two attached hydrogens (primary N) is 2. The first kappa shape index (κ1) is 13.4. The molecule has 0 aliphatic rings. The summed E-state index contributed by atoms with van der Waals surface area (Å²) in [5, 5.41) is 10.8. The van der Waals surface area contributed by atoms with E-state index in [0.717, 1.165) is 0 Å². The summed E-state index contributed by atoms with van der Waals surface area (Å²) in [7, 11) is 0. The molecule has 0 aliphatic heterocycles. The molecule has 1 atom stereocenters. The van der Waals surface area contributed by atoms with E-state index in [2.05, 4.69) is 36.3 Å². The fourth-order valence-electron chi connectivity index (χ4n) is 1.35. The van der Waals surface area contributed by atoms with Gasteiger partial charge in [-0.2, -0.15) is 0 Å². The van der Waals surface area contributed by atoms with Crippen LogP contribution in [0, 0.1) is 5.41 Å². The van der Waals surface area contributed by atoms with E-state index in [0.29, 0.717) is 12.4 Å². The average Bonchev–Trinajstić information content (AvgIpc) is 2.24. The number of nitrogens with zero attached hydrogens (tertiary/aromatic N) is 2. The molecular weight excluding hydrogens is 218 g/mol. The number of hydrogen-bond acceptors (Lipinski definition) is 5. The normalized spacial score (nSPS) is 13.2. The summed E-state index contributed by atoms with van der Waals surface area (Å²) in [6.07, 6.45) is 0. The van der Waals surface area contributed by atoms with E-state index < -0.39 is 5.91 Å². The lowest BCUT2D eigenvalue weighted by Gasteiger charge is -2.30. The molecule has 0 saturated heterocycles. The molecule has 1 unspecified atom stereocenters. The minimum Gasteiger partial charge on any atom is -0.364 e. The Labute approximate surface area is 101 Å². The average molecular weight is 237 g/mol. The van der Waals surface area contributed by atoms with Gasteiger partial charge in [0.15, 0.2) is 5.69 Å². The van der Waals surface area contributed by atoms with Crippen LogP contribution in [0.2, 0.25) is 0 Å². The number of primary amides is 1. The first-order valence-electron chi connectivity index (χ1n) is 5.44. The Kier molecular flexibility index (Phi) is 4.01. The van der Waals surface area contributed by atoms with Crippen LogP contribution in [0.5, 0.6) is 0 Å². The third-order valence-electron chi connectivity index (χ3n) is 2.52. The maximum absolute atomic E-state index is 10.8. The van der Waals surface area contributed by atoms with Crippen molar-refractivity contribution in [2.45, 2.75) is 26.8 Å². The topological polar surface area (TPSA) is 107 Å². The Hall–Kier alpha value is -1.69. The summed E-state index contributed by atoms with van der Waals surface area (Å²) in [5.41, 5.74) is 10.9. The maximum atomic E-state index is 10.8.